The number of ether oxygens (including phenoxy) is 2. The summed E-state index contributed by atoms with van der Waals surface area (Å²) >= 11 is 2.78. The number of carbonyl (C=O) groups is 1. The summed E-state index contributed by atoms with van der Waals surface area (Å²) in [5.41, 5.74) is 0.718. The predicted molar refractivity (Wildman–Crippen MR) is 101 cm³/mol. The van der Waals surface area contributed by atoms with Gasteiger partial charge in [-0.3, -0.25) is 4.79 Å². The summed E-state index contributed by atoms with van der Waals surface area (Å²) in [6.45, 7) is 3.79. The highest BCUT2D eigenvalue weighted by Crippen LogP contribution is 2.36. The Morgan fingerprint density at radius 2 is 1.85 bits per heavy atom. The van der Waals surface area contributed by atoms with Crippen molar-refractivity contribution < 1.29 is 27.4 Å². The number of aromatic nitrogens is 1. The Morgan fingerprint density at radius 1 is 1.22 bits per heavy atom. The van der Waals surface area contributed by atoms with Crippen LogP contribution in [0.2, 0.25) is 0 Å². The minimum absolute atomic E-state index is 0.202. The van der Waals surface area contributed by atoms with E-state index in [-0.39, 0.29) is 12.6 Å². The molecule has 1 aromatic heterocycles. The first-order valence-corrected chi connectivity index (χ1v) is 9.76. The van der Waals surface area contributed by atoms with Crippen LogP contribution < -0.4 is 0 Å². The quantitative estimate of drug-likeness (QED) is 0.595. The average molecular weight is 419 g/mol. The van der Waals surface area contributed by atoms with Gasteiger partial charge in [0.15, 0.2) is 0 Å². The minimum atomic E-state index is -4.36. The van der Waals surface area contributed by atoms with E-state index >= 15 is 0 Å². The second-order valence-electron chi connectivity index (χ2n) is 6.05. The molecule has 0 spiro atoms. The number of thioether (sulfide) groups is 1. The largest absolute Gasteiger partial charge is 0.468 e. The lowest BCUT2D eigenvalue weighted by Gasteiger charge is -2.24. The highest BCUT2D eigenvalue weighted by Gasteiger charge is 2.35. The molecule has 0 fully saturated rings. The van der Waals surface area contributed by atoms with Gasteiger partial charge in [0.25, 0.3) is 0 Å². The number of methoxy groups -OCH3 is 2. The molecule has 1 atom stereocenters. The Labute approximate surface area is 164 Å². The monoisotopic (exact) mass is 419 g/mol. The molecule has 0 bridgehead atoms. The summed E-state index contributed by atoms with van der Waals surface area (Å²) in [5, 5.41) is 0.642. The van der Waals surface area contributed by atoms with Gasteiger partial charge in [-0.05, 0) is 26.0 Å². The zero-order valence-electron chi connectivity index (χ0n) is 15.3. The fraction of sp³-hybridized carbons (Fsp3) is 0.444. The summed E-state index contributed by atoms with van der Waals surface area (Å²) in [6, 6.07) is 4.93. The first-order chi connectivity index (χ1) is 12.6. The molecule has 0 amide bonds. The third-order valence-corrected chi connectivity index (χ3v) is 6.65. The van der Waals surface area contributed by atoms with Crippen molar-refractivity contribution in [3.05, 3.63) is 40.4 Å². The SMILES string of the molecule is COCC(C)(SCc1sc(-c2ccc(C(F)(F)F)cc2)nc1C)C(=O)OC. The highest BCUT2D eigenvalue weighted by molar-refractivity contribution is 8.00. The van der Waals surface area contributed by atoms with Gasteiger partial charge in [0.1, 0.15) is 9.75 Å². The smallest absolute Gasteiger partial charge is 0.416 e. The van der Waals surface area contributed by atoms with Crippen molar-refractivity contribution in [2.45, 2.75) is 30.5 Å². The molecule has 148 valence electrons. The topological polar surface area (TPSA) is 48.4 Å². The van der Waals surface area contributed by atoms with Gasteiger partial charge in [0.05, 0.1) is 25.0 Å². The summed E-state index contributed by atoms with van der Waals surface area (Å²) in [7, 11) is 2.85. The van der Waals surface area contributed by atoms with Gasteiger partial charge in [-0.15, -0.1) is 23.1 Å². The summed E-state index contributed by atoms with van der Waals surface area (Å²) in [4.78, 5) is 17.4. The molecule has 0 aliphatic heterocycles. The fourth-order valence-electron chi connectivity index (χ4n) is 2.36. The number of thiazole rings is 1. The molecular formula is C18H20F3NO3S2. The van der Waals surface area contributed by atoms with Gasteiger partial charge in [-0.2, -0.15) is 13.2 Å². The number of halogens is 3. The van der Waals surface area contributed by atoms with E-state index in [1.54, 1.807) is 6.92 Å². The van der Waals surface area contributed by atoms with Crippen molar-refractivity contribution in [3.63, 3.8) is 0 Å². The Kier molecular flexibility index (Phi) is 6.93. The minimum Gasteiger partial charge on any atom is -0.468 e. The number of alkyl halides is 3. The van der Waals surface area contributed by atoms with Gasteiger partial charge < -0.3 is 9.47 Å². The highest BCUT2D eigenvalue weighted by atomic mass is 32.2. The third-order valence-electron chi connectivity index (χ3n) is 3.91. The molecule has 9 heteroatoms. The average Bonchev–Trinajstić information content (AvgIpc) is 2.99. The van der Waals surface area contributed by atoms with Crippen molar-refractivity contribution in [3.8, 4) is 10.6 Å². The van der Waals surface area contributed by atoms with Crippen molar-refractivity contribution in [1.29, 1.82) is 0 Å². The third kappa shape index (κ3) is 5.24. The molecule has 0 radical (unpaired) electrons. The van der Waals surface area contributed by atoms with Crippen LogP contribution in [0.5, 0.6) is 0 Å². The Balaban J connectivity index is 2.17. The van der Waals surface area contributed by atoms with Crippen LogP contribution >= 0.6 is 23.1 Å². The van der Waals surface area contributed by atoms with E-state index in [1.807, 2.05) is 6.92 Å². The van der Waals surface area contributed by atoms with Crippen LogP contribution in [0.15, 0.2) is 24.3 Å². The van der Waals surface area contributed by atoms with E-state index in [2.05, 4.69) is 4.98 Å². The number of carbonyl (C=O) groups excluding carboxylic acids is 1. The Hall–Kier alpha value is -1.58. The van der Waals surface area contributed by atoms with Gasteiger partial charge in [-0.1, -0.05) is 12.1 Å². The van der Waals surface area contributed by atoms with E-state index in [1.165, 1.54) is 49.5 Å². The van der Waals surface area contributed by atoms with Crippen LogP contribution in [0.1, 0.15) is 23.1 Å². The van der Waals surface area contributed by atoms with Crippen molar-refractivity contribution in [1.82, 2.24) is 4.98 Å². The molecule has 0 saturated carbocycles. The standard InChI is InChI=1S/C18H20F3NO3S2/c1-11-14(9-26-17(2,10-24-3)16(23)25-4)27-15(22-11)12-5-7-13(8-6-12)18(19,20)21/h5-8H,9-10H2,1-4H3. The van der Waals surface area contributed by atoms with E-state index < -0.39 is 16.5 Å². The molecule has 1 heterocycles. The number of hydrogen-bond donors (Lipinski definition) is 0. The lowest BCUT2D eigenvalue weighted by atomic mass is 10.1. The summed E-state index contributed by atoms with van der Waals surface area (Å²) in [5.74, 6) is 0.138. The normalized spacial score (nSPS) is 14.0. The van der Waals surface area contributed by atoms with Crippen molar-refractivity contribution >= 4 is 29.1 Å². The van der Waals surface area contributed by atoms with E-state index in [4.69, 9.17) is 9.47 Å². The number of nitrogens with zero attached hydrogens (tertiary/aromatic N) is 1. The molecule has 0 aliphatic carbocycles. The maximum atomic E-state index is 12.7. The zero-order chi connectivity index (χ0) is 20.2. The van der Waals surface area contributed by atoms with Gasteiger partial charge in [0, 0.05) is 23.3 Å². The summed E-state index contributed by atoms with van der Waals surface area (Å²) in [6.07, 6.45) is -4.36. The maximum Gasteiger partial charge on any atom is 0.416 e. The molecule has 4 nitrogen and oxygen atoms in total. The number of aryl methyl sites for hydroxylation is 1. The second-order valence-corrected chi connectivity index (χ2v) is 8.61. The van der Waals surface area contributed by atoms with Crippen LogP contribution in [-0.2, 0) is 26.2 Å². The van der Waals surface area contributed by atoms with Gasteiger partial charge in [-0.25, -0.2) is 4.98 Å². The van der Waals surface area contributed by atoms with Crippen LogP contribution in [0.4, 0.5) is 13.2 Å². The van der Waals surface area contributed by atoms with Crippen molar-refractivity contribution in [2.24, 2.45) is 0 Å². The number of hydrogen-bond acceptors (Lipinski definition) is 6. The van der Waals surface area contributed by atoms with Crippen molar-refractivity contribution in [2.75, 3.05) is 20.8 Å². The Bertz CT molecular complexity index is 790. The molecule has 2 rings (SSSR count). The van der Waals surface area contributed by atoms with E-state index in [9.17, 15) is 18.0 Å². The predicted octanol–water partition coefficient (Wildman–Crippen LogP) is 4.95. The van der Waals surface area contributed by atoms with Crippen LogP contribution in [0, 0.1) is 6.92 Å². The van der Waals surface area contributed by atoms with E-state index in [0.29, 0.717) is 16.3 Å². The second kappa shape index (κ2) is 8.62. The number of rotatable bonds is 7. The molecule has 0 aliphatic rings. The van der Waals surface area contributed by atoms with Crippen LogP contribution in [0.25, 0.3) is 10.6 Å². The van der Waals surface area contributed by atoms with E-state index in [0.717, 1.165) is 22.7 Å². The number of benzene rings is 1. The molecular weight excluding hydrogens is 399 g/mol. The van der Waals surface area contributed by atoms with Gasteiger partial charge >= 0.3 is 12.1 Å². The molecule has 1 unspecified atom stereocenters. The van der Waals surface area contributed by atoms with Gasteiger partial charge in [0.2, 0.25) is 0 Å². The summed E-state index contributed by atoms with van der Waals surface area (Å²) < 4.78 is 47.2. The molecule has 0 saturated heterocycles. The lowest BCUT2D eigenvalue weighted by molar-refractivity contribution is -0.144. The van der Waals surface area contributed by atoms with Crippen LogP contribution in [-0.4, -0.2) is 36.5 Å². The molecule has 1 aromatic carbocycles. The Morgan fingerprint density at radius 3 is 2.37 bits per heavy atom. The first kappa shape index (κ1) is 21.7. The lowest BCUT2D eigenvalue weighted by Crippen LogP contribution is -2.37. The first-order valence-electron chi connectivity index (χ1n) is 7.96. The maximum absolute atomic E-state index is 12.7. The molecule has 2 aromatic rings. The fourth-order valence-corrected chi connectivity index (χ4v) is 4.70. The zero-order valence-corrected chi connectivity index (χ0v) is 17.0. The molecule has 27 heavy (non-hydrogen) atoms. The number of esters is 1. The molecule has 0 N–H and O–H groups in total. The van der Waals surface area contributed by atoms with Crippen LogP contribution in [0.3, 0.4) is 0 Å².